The summed E-state index contributed by atoms with van der Waals surface area (Å²) in [6.45, 7) is 1.77. The zero-order valence-corrected chi connectivity index (χ0v) is 6.57. The van der Waals surface area contributed by atoms with E-state index in [2.05, 4.69) is 4.98 Å². The first-order valence-corrected chi connectivity index (χ1v) is 3.42. The van der Waals surface area contributed by atoms with E-state index < -0.39 is 0 Å². The molecule has 0 aromatic carbocycles. The highest BCUT2D eigenvalue weighted by atomic mass is 16.5. The van der Waals surface area contributed by atoms with Crippen molar-refractivity contribution in [2.45, 2.75) is 13.3 Å². The van der Waals surface area contributed by atoms with E-state index in [0.717, 1.165) is 0 Å². The molecule has 0 bridgehead atoms. The Hall–Kier alpha value is -1.72. The highest BCUT2D eigenvalue weighted by Gasteiger charge is 2.09. The summed E-state index contributed by atoms with van der Waals surface area (Å²) in [5.74, 6) is -0.525. The smallest absolute Gasteiger partial charge is 0.258 e. The Morgan fingerprint density at radius 2 is 2.25 bits per heavy atom. The van der Waals surface area contributed by atoms with Gasteiger partial charge < -0.3 is 16.0 Å². The fourth-order valence-electron chi connectivity index (χ4n) is 0.837. The van der Waals surface area contributed by atoms with Crippen LogP contribution in [-0.2, 0) is 6.42 Å². The van der Waals surface area contributed by atoms with Gasteiger partial charge in [-0.1, -0.05) is 6.92 Å². The molecule has 1 heterocycles. The molecule has 0 saturated heterocycles. The maximum absolute atomic E-state index is 9.25. The maximum Gasteiger partial charge on any atom is 0.258 e. The van der Waals surface area contributed by atoms with Crippen LogP contribution in [0.3, 0.4) is 0 Å². The van der Waals surface area contributed by atoms with Crippen LogP contribution in [0.4, 0.5) is 5.82 Å². The molecule has 0 aliphatic carbocycles. The third-order valence-electron chi connectivity index (χ3n) is 1.52. The summed E-state index contributed by atoms with van der Waals surface area (Å²) in [5.41, 5.74) is 5.18. The lowest BCUT2D eigenvalue weighted by Crippen LogP contribution is -2.25. The van der Waals surface area contributed by atoms with Gasteiger partial charge in [-0.15, -0.1) is 4.73 Å². The Labute approximate surface area is 68.4 Å². The molecular weight excluding hydrogens is 160 g/mol. The number of nitrogens with two attached hydrogens (primary N) is 1. The zero-order valence-electron chi connectivity index (χ0n) is 6.57. The van der Waals surface area contributed by atoms with Gasteiger partial charge in [-0.3, -0.25) is 5.41 Å². The number of anilines is 1. The van der Waals surface area contributed by atoms with E-state index in [1.54, 1.807) is 6.92 Å². The van der Waals surface area contributed by atoms with Crippen molar-refractivity contribution in [3.63, 3.8) is 0 Å². The fourth-order valence-corrected chi connectivity index (χ4v) is 0.837. The van der Waals surface area contributed by atoms with Gasteiger partial charge in [0.2, 0.25) is 0 Å². The molecule has 66 valence electrons. The van der Waals surface area contributed by atoms with Crippen molar-refractivity contribution >= 4 is 5.82 Å². The van der Waals surface area contributed by atoms with Crippen LogP contribution in [0.25, 0.3) is 0 Å². The fraction of sp³-hybridized carbons (Fsp3) is 0.333. The highest BCUT2D eigenvalue weighted by Crippen LogP contribution is 2.19. The number of aromatic hydroxyl groups is 1. The van der Waals surface area contributed by atoms with Crippen LogP contribution in [0.5, 0.6) is 5.75 Å². The first kappa shape index (κ1) is 8.38. The van der Waals surface area contributed by atoms with Gasteiger partial charge in [0.25, 0.3) is 5.62 Å². The van der Waals surface area contributed by atoms with Crippen LogP contribution >= 0.6 is 0 Å². The van der Waals surface area contributed by atoms with Crippen LogP contribution in [0, 0.1) is 5.41 Å². The Morgan fingerprint density at radius 3 is 2.75 bits per heavy atom. The molecule has 0 fully saturated rings. The first-order chi connectivity index (χ1) is 5.57. The molecule has 12 heavy (non-hydrogen) atoms. The molecular formula is C6H10N4O2. The topological polar surface area (TPSA) is 108 Å². The van der Waals surface area contributed by atoms with E-state index in [-0.39, 0.29) is 17.2 Å². The predicted octanol–water partition coefficient (Wildman–Crippen LogP) is -0.550. The van der Waals surface area contributed by atoms with Crippen LogP contribution in [-0.4, -0.2) is 20.0 Å². The van der Waals surface area contributed by atoms with E-state index in [1.807, 2.05) is 0 Å². The lowest BCUT2D eigenvalue weighted by atomic mass is 10.3. The third kappa shape index (κ3) is 1.07. The maximum atomic E-state index is 9.25. The van der Waals surface area contributed by atoms with E-state index in [9.17, 15) is 5.11 Å². The Morgan fingerprint density at radius 1 is 1.67 bits per heavy atom. The predicted molar refractivity (Wildman–Crippen MR) is 40.7 cm³/mol. The molecule has 6 nitrogen and oxygen atoms in total. The molecule has 0 amide bonds. The number of nitrogens with zero attached hydrogens (tertiary/aromatic N) is 2. The van der Waals surface area contributed by atoms with Crippen molar-refractivity contribution in [1.82, 2.24) is 9.71 Å². The van der Waals surface area contributed by atoms with Crippen LogP contribution in [0.2, 0.25) is 0 Å². The van der Waals surface area contributed by atoms with Crippen molar-refractivity contribution in [1.29, 1.82) is 5.41 Å². The minimum atomic E-state index is -0.387. The molecule has 0 unspecified atom stereocenters. The van der Waals surface area contributed by atoms with Gasteiger partial charge in [-0.05, 0) is 6.42 Å². The molecule has 0 atom stereocenters. The van der Waals surface area contributed by atoms with Crippen molar-refractivity contribution < 1.29 is 10.3 Å². The number of hydrogen-bond donors (Lipinski definition) is 4. The third-order valence-corrected chi connectivity index (χ3v) is 1.52. The van der Waals surface area contributed by atoms with Crippen molar-refractivity contribution in [3.05, 3.63) is 11.3 Å². The van der Waals surface area contributed by atoms with Gasteiger partial charge in [0.05, 0.1) is 5.69 Å². The number of aryl methyl sites for hydroxylation is 1. The van der Waals surface area contributed by atoms with Gasteiger partial charge in [-0.2, -0.15) is 0 Å². The second-order valence-electron chi connectivity index (χ2n) is 2.28. The van der Waals surface area contributed by atoms with Crippen molar-refractivity contribution in [2.75, 3.05) is 5.73 Å². The van der Waals surface area contributed by atoms with Crippen LogP contribution < -0.4 is 11.4 Å². The van der Waals surface area contributed by atoms with Crippen molar-refractivity contribution in [2.24, 2.45) is 0 Å². The molecule has 5 N–H and O–H groups in total. The van der Waals surface area contributed by atoms with Gasteiger partial charge in [0, 0.05) is 0 Å². The second kappa shape index (κ2) is 2.72. The summed E-state index contributed by atoms with van der Waals surface area (Å²) in [7, 11) is 0. The molecule has 0 radical (unpaired) electrons. The number of hydrogen-bond acceptors (Lipinski definition) is 5. The zero-order chi connectivity index (χ0) is 9.30. The largest absolute Gasteiger partial charge is 0.503 e. The van der Waals surface area contributed by atoms with E-state index in [0.29, 0.717) is 16.8 Å². The standard InChI is InChI=1S/C6H10N4O2/c1-2-3-4(11)5(7)10(12)6(8)9-3/h8,11-12H,2,7H2,1H3. The number of rotatable bonds is 1. The molecule has 0 aliphatic rings. The van der Waals surface area contributed by atoms with Gasteiger partial charge in [0.1, 0.15) is 0 Å². The average molecular weight is 170 g/mol. The summed E-state index contributed by atoms with van der Waals surface area (Å²) in [6, 6.07) is 0. The quantitative estimate of drug-likeness (QED) is 0.424. The summed E-state index contributed by atoms with van der Waals surface area (Å²) in [6.07, 6.45) is 0.461. The van der Waals surface area contributed by atoms with Gasteiger partial charge in [0.15, 0.2) is 11.6 Å². The Kier molecular flexibility index (Phi) is 1.90. The van der Waals surface area contributed by atoms with E-state index in [1.165, 1.54) is 0 Å². The number of aromatic nitrogens is 2. The minimum absolute atomic E-state index is 0.258. The Balaban J connectivity index is 3.50. The molecule has 6 heteroatoms. The summed E-state index contributed by atoms with van der Waals surface area (Å²) < 4.78 is 0.328. The first-order valence-electron chi connectivity index (χ1n) is 3.42. The lowest BCUT2D eigenvalue weighted by Gasteiger charge is -2.06. The molecule has 1 aromatic rings. The highest BCUT2D eigenvalue weighted by molar-refractivity contribution is 5.47. The van der Waals surface area contributed by atoms with Crippen LogP contribution in [0.15, 0.2) is 0 Å². The Bertz CT molecular complexity index is 357. The average Bonchev–Trinajstić information content (AvgIpc) is 2.08. The molecule has 1 aromatic heterocycles. The van der Waals surface area contributed by atoms with E-state index in [4.69, 9.17) is 16.4 Å². The van der Waals surface area contributed by atoms with Crippen molar-refractivity contribution in [3.8, 4) is 5.75 Å². The molecule has 0 saturated carbocycles. The molecule has 0 spiro atoms. The summed E-state index contributed by atoms with van der Waals surface area (Å²) >= 11 is 0. The SMILES string of the molecule is CCc1nc(=N)n(O)c(N)c1O. The molecule has 0 aliphatic heterocycles. The number of nitrogen functional groups attached to an aromatic ring is 1. The summed E-state index contributed by atoms with van der Waals surface area (Å²) in [4.78, 5) is 3.60. The normalized spacial score (nSPS) is 10.1. The van der Waals surface area contributed by atoms with E-state index >= 15 is 0 Å². The second-order valence-corrected chi connectivity index (χ2v) is 2.28. The number of nitrogens with one attached hydrogen (secondary N) is 1. The molecule has 1 rings (SSSR count). The van der Waals surface area contributed by atoms with Gasteiger partial charge in [-0.25, -0.2) is 4.98 Å². The minimum Gasteiger partial charge on any atom is -0.503 e. The monoisotopic (exact) mass is 170 g/mol. The van der Waals surface area contributed by atoms with Crippen LogP contribution in [0.1, 0.15) is 12.6 Å². The van der Waals surface area contributed by atoms with Gasteiger partial charge >= 0.3 is 0 Å². The summed E-state index contributed by atoms with van der Waals surface area (Å²) in [5, 5.41) is 25.4. The lowest BCUT2D eigenvalue weighted by molar-refractivity contribution is 0.168.